The van der Waals surface area contributed by atoms with Crippen molar-refractivity contribution in [3.8, 4) is 0 Å². The topological polar surface area (TPSA) is 40.5 Å². The fourth-order valence-corrected chi connectivity index (χ4v) is 1.28. The van der Waals surface area contributed by atoms with E-state index in [2.05, 4.69) is 0 Å². The Morgan fingerprint density at radius 3 is 2.13 bits per heavy atom. The molecule has 7 heteroatoms. The molecular weight excluding hydrogens is 240 g/mol. The number of hydrogen-bond donors (Lipinski definition) is 2. The summed E-state index contributed by atoms with van der Waals surface area (Å²) in [7, 11) is 0. The molecule has 1 aromatic carbocycles. The quantitative estimate of drug-likeness (QED) is 0.589. The second kappa shape index (κ2) is 3.96. The lowest BCUT2D eigenvalue weighted by molar-refractivity contribution is -0.140. The van der Waals surface area contributed by atoms with Crippen molar-refractivity contribution in [2.75, 3.05) is 0 Å². The number of aliphatic hydroxyl groups excluding tert-OH is 1. The first-order valence-electron chi connectivity index (χ1n) is 3.66. The number of alkyl halides is 3. The van der Waals surface area contributed by atoms with Gasteiger partial charge in [0.15, 0.2) is 6.29 Å². The first-order chi connectivity index (χ1) is 6.75. The van der Waals surface area contributed by atoms with Crippen LogP contribution in [0.5, 0.6) is 0 Å². The van der Waals surface area contributed by atoms with Gasteiger partial charge in [-0.3, -0.25) is 0 Å². The molecule has 0 fully saturated rings. The zero-order valence-corrected chi connectivity index (χ0v) is 7.77. The van der Waals surface area contributed by atoms with Crippen molar-refractivity contribution in [2.24, 2.45) is 0 Å². The van der Waals surface area contributed by atoms with Crippen molar-refractivity contribution in [3.05, 3.63) is 34.1 Å². The molecule has 0 radical (unpaired) electrons. The molecule has 1 rings (SSSR count). The van der Waals surface area contributed by atoms with Crippen LogP contribution in [0.4, 0.5) is 17.6 Å². The van der Waals surface area contributed by atoms with Gasteiger partial charge in [-0.2, -0.15) is 13.2 Å². The van der Waals surface area contributed by atoms with Gasteiger partial charge in [0.25, 0.3) is 0 Å². The normalized spacial score (nSPS) is 12.3. The van der Waals surface area contributed by atoms with Crippen LogP contribution < -0.4 is 0 Å². The molecule has 0 aliphatic heterocycles. The van der Waals surface area contributed by atoms with Crippen LogP contribution in [0.1, 0.15) is 17.4 Å². The molecule has 0 atom stereocenters. The van der Waals surface area contributed by atoms with Crippen molar-refractivity contribution in [1.82, 2.24) is 0 Å². The highest BCUT2D eigenvalue weighted by molar-refractivity contribution is 6.31. The summed E-state index contributed by atoms with van der Waals surface area (Å²) in [5, 5.41) is 16.4. The molecule has 1 aromatic rings. The van der Waals surface area contributed by atoms with Crippen molar-refractivity contribution < 1.29 is 27.8 Å². The van der Waals surface area contributed by atoms with Gasteiger partial charge in [-0.1, -0.05) is 11.6 Å². The van der Waals surface area contributed by atoms with Crippen molar-refractivity contribution in [3.63, 3.8) is 0 Å². The predicted molar refractivity (Wildman–Crippen MR) is 43.6 cm³/mol. The second-order valence-electron chi connectivity index (χ2n) is 2.70. The van der Waals surface area contributed by atoms with E-state index >= 15 is 0 Å². The van der Waals surface area contributed by atoms with Crippen LogP contribution >= 0.6 is 11.6 Å². The van der Waals surface area contributed by atoms with Gasteiger partial charge in [0.1, 0.15) is 11.4 Å². The van der Waals surface area contributed by atoms with E-state index < -0.39 is 34.4 Å². The third-order valence-corrected chi connectivity index (χ3v) is 2.00. The maximum absolute atomic E-state index is 13.2. The van der Waals surface area contributed by atoms with Gasteiger partial charge in [0.05, 0.1) is 5.02 Å². The minimum Gasteiger partial charge on any atom is -0.364 e. The first-order valence-corrected chi connectivity index (χ1v) is 4.04. The average molecular weight is 245 g/mol. The zero-order chi connectivity index (χ0) is 11.8. The summed E-state index contributed by atoms with van der Waals surface area (Å²) in [6.07, 6.45) is -7.30. The minimum absolute atomic E-state index is 0.752. The van der Waals surface area contributed by atoms with Gasteiger partial charge in [-0.15, -0.1) is 0 Å². The first kappa shape index (κ1) is 12.2. The number of benzene rings is 1. The highest BCUT2D eigenvalue weighted by Crippen LogP contribution is 2.38. The number of aliphatic hydroxyl groups is 2. The summed E-state index contributed by atoms with van der Waals surface area (Å²) in [6, 6.07) is 1.53. The van der Waals surface area contributed by atoms with E-state index in [0.29, 0.717) is 0 Å². The number of rotatable bonds is 1. The summed E-state index contributed by atoms with van der Waals surface area (Å²) in [6.45, 7) is 0. The molecule has 2 N–H and O–H groups in total. The van der Waals surface area contributed by atoms with Crippen LogP contribution in [-0.4, -0.2) is 10.2 Å². The summed E-state index contributed by atoms with van der Waals surface area (Å²) in [5.41, 5.74) is -2.57. The van der Waals surface area contributed by atoms with E-state index in [4.69, 9.17) is 21.8 Å². The summed E-state index contributed by atoms with van der Waals surface area (Å²) in [5.74, 6) is -1.77. The Hall–Kier alpha value is -0.850. The molecule has 15 heavy (non-hydrogen) atoms. The van der Waals surface area contributed by atoms with Crippen molar-refractivity contribution in [2.45, 2.75) is 12.5 Å². The number of halogens is 5. The predicted octanol–water partition coefficient (Wildman–Crippen LogP) is 2.48. The van der Waals surface area contributed by atoms with Gasteiger partial charge < -0.3 is 10.2 Å². The maximum Gasteiger partial charge on any atom is 0.420 e. The Labute approximate surface area is 86.7 Å². The van der Waals surface area contributed by atoms with E-state index in [1.807, 2.05) is 0 Å². The largest absolute Gasteiger partial charge is 0.420 e. The van der Waals surface area contributed by atoms with E-state index in [1.54, 1.807) is 0 Å². The molecule has 0 bridgehead atoms. The highest BCUT2D eigenvalue weighted by Gasteiger charge is 2.38. The molecule has 0 aliphatic rings. The van der Waals surface area contributed by atoms with Crippen LogP contribution in [0.25, 0.3) is 0 Å². The maximum atomic E-state index is 13.2. The molecule has 0 saturated heterocycles. The van der Waals surface area contributed by atoms with E-state index in [-0.39, 0.29) is 0 Å². The van der Waals surface area contributed by atoms with Crippen molar-refractivity contribution in [1.29, 1.82) is 0 Å². The summed E-state index contributed by atoms with van der Waals surface area (Å²) >= 11 is 5.17. The molecule has 0 amide bonds. The lowest BCUT2D eigenvalue weighted by atomic mass is 10.1. The third kappa shape index (κ3) is 2.39. The van der Waals surface area contributed by atoms with Crippen LogP contribution in [-0.2, 0) is 6.18 Å². The van der Waals surface area contributed by atoms with Crippen LogP contribution in [0.2, 0.25) is 5.02 Å². The van der Waals surface area contributed by atoms with E-state index in [1.165, 1.54) is 0 Å². The Kier molecular flexibility index (Phi) is 3.22. The molecule has 0 unspecified atom stereocenters. The van der Waals surface area contributed by atoms with Crippen LogP contribution in [0, 0.1) is 5.82 Å². The van der Waals surface area contributed by atoms with Gasteiger partial charge in [0, 0.05) is 5.56 Å². The molecule has 0 aromatic heterocycles. The second-order valence-corrected chi connectivity index (χ2v) is 3.10. The Morgan fingerprint density at radius 1 is 1.20 bits per heavy atom. The SMILES string of the molecule is OC(O)c1ccc(Cl)c(C(F)(F)F)c1F. The standard InChI is InChI=1S/C8H5ClF4O2/c9-4-2-1-3(7(14)15)6(10)5(4)8(11,12)13/h1-2,7,14-15H. The highest BCUT2D eigenvalue weighted by atomic mass is 35.5. The Morgan fingerprint density at radius 2 is 1.73 bits per heavy atom. The summed E-state index contributed by atoms with van der Waals surface area (Å²) in [4.78, 5) is 0. The zero-order valence-electron chi connectivity index (χ0n) is 7.02. The van der Waals surface area contributed by atoms with Gasteiger partial charge in [0.2, 0.25) is 0 Å². The number of hydrogen-bond acceptors (Lipinski definition) is 2. The van der Waals surface area contributed by atoms with Gasteiger partial charge in [-0.25, -0.2) is 4.39 Å². The summed E-state index contributed by atoms with van der Waals surface area (Å²) < 4.78 is 50.0. The van der Waals surface area contributed by atoms with Gasteiger partial charge in [-0.05, 0) is 12.1 Å². The lowest BCUT2D eigenvalue weighted by Gasteiger charge is -2.13. The Bertz CT molecular complexity index is 376. The monoisotopic (exact) mass is 244 g/mol. The van der Waals surface area contributed by atoms with Crippen molar-refractivity contribution >= 4 is 11.6 Å². The smallest absolute Gasteiger partial charge is 0.364 e. The molecule has 0 heterocycles. The molecule has 0 aliphatic carbocycles. The minimum atomic E-state index is -4.98. The third-order valence-electron chi connectivity index (χ3n) is 1.68. The molecule has 84 valence electrons. The fraction of sp³-hybridized carbons (Fsp3) is 0.250. The van der Waals surface area contributed by atoms with E-state index in [9.17, 15) is 17.6 Å². The van der Waals surface area contributed by atoms with E-state index in [0.717, 1.165) is 12.1 Å². The average Bonchev–Trinajstić information content (AvgIpc) is 2.00. The Balaban J connectivity index is 3.44. The van der Waals surface area contributed by atoms with Gasteiger partial charge >= 0.3 is 6.18 Å². The van der Waals surface area contributed by atoms with Crippen LogP contribution in [0.15, 0.2) is 12.1 Å². The molecular formula is C8H5ClF4O2. The fourth-order valence-electron chi connectivity index (χ4n) is 1.03. The lowest BCUT2D eigenvalue weighted by Crippen LogP contribution is -2.12. The molecule has 0 saturated carbocycles. The molecule has 0 spiro atoms. The van der Waals surface area contributed by atoms with Crippen LogP contribution in [0.3, 0.4) is 0 Å². The molecule has 2 nitrogen and oxygen atoms in total.